The van der Waals surface area contributed by atoms with Crippen molar-refractivity contribution in [3.63, 3.8) is 0 Å². The van der Waals surface area contributed by atoms with Gasteiger partial charge in [0, 0.05) is 18.1 Å². The van der Waals surface area contributed by atoms with E-state index in [-0.39, 0.29) is 17.7 Å². The monoisotopic (exact) mass is 396 g/mol. The normalized spacial score (nSPS) is 19.1. The molecule has 1 fully saturated rings. The van der Waals surface area contributed by atoms with Crippen LogP contribution in [0.1, 0.15) is 29.3 Å². The lowest BCUT2D eigenvalue weighted by Crippen LogP contribution is -2.45. The second kappa shape index (κ2) is 7.64. The molecule has 3 aromatic rings. The number of carbonyl (C=O) groups is 2. The van der Waals surface area contributed by atoms with Crippen LogP contribution in [-0.4, -0.2) is 39.3 Å². The zero-order valence-corrected chi connectivity index (χ0v) is 16.2. The zero-order valence-electron chi connectivity index (χ0n) is 15.5. The first-order chi connectivity index (χ1) is 13.5. The van der Waals surface area contributed by atoms with Crippen molar-refractivity contribution in [2.24, 2.45) is 5.92 Å². The van der Waals surface area contributed by atoms with E-state index in [4.69, 9.17) is 11.6 Å². The zero-order chi connectivity index (χ0) is 19.7. The molecule has 0 aliphatic carbocycles. The molecule has 0 radical (unpaired) electrons. The van der Waals surface area contributed by atoms with Gasteiger partial charge in [-0.3, -0.25) is 9.59 Å². The number of aromatic amines is 1. The van der Waals surface area contributed by atoms with Crippen molar-refractivity contribution in [1.82, 2.24) is 20.2 Å². The predicted molar refractivity (Wildman–Crippen MR) is 108 cm³/mol. The number of nitrogens with zero attached hydrogens (tertiary/aromatic N) is 2. The Labute approximate surface area is 167 Å². The molecule has 1 aliphatic rings. The maximum absolute atomic E-state index is 13.2. The lowest BCUT2D eigenvalue weighted by molar-refractivity contribution is -0.125. The second-order valence-corrected chi connectivity index (χ2v) is 7.70. The number of fused-ring (bicyclic) bond motifs is 1. The van der Waals surface area contributed by atoms with Crippen molar-refractivity contribution in [1.29, 1.82) is 0 Å². The molecule has 0 saturated carbocycles. The van der Waals surface area contributed by atoms with Gasteiger partial charge in [0.2, 0.25) is 5.91 Å². The summed E-state index contributed by atoms with van der Waals surface area (Å²) in [6.07, 6.45) is 2.22. The highest BCUT2D eigenvalue weighted by Crippen LogP contribution is 2.27. The number of rotatable bonds is 4. The summed E-state index contributed by atoms with van der Waals surface area (Å²) in [6, 6.07) is 12.3. The summed E-state index contributed by atoms with van der Waals surface area (Å²) in [5, 5.41) is 3.61. The summed E-state index contributed by atoms with van der Waals surface area (Å²) in [5.74, 6) is -0.0378. The van der Waals surface area contributed by atoms with Gasteiger partial charge in [-0.15, -0.1) is 0 Å². The van der Waals surface area contributed by atoms with Crippen LogP contribution in [-0.2, 0) is 11.3 Å². The van der Waals surface area contributed by atoms with Gasteiger partial charge in [0.25, 0.3) is 5.91 Å². The number of likely N-dealkylation sites (tertiary alicyclic amines) is 1. The van der Waals surface area contributed by atoms with Gasteiger partial charge < -0.3 is 15.2 Å². The molecule has 4 rings (SSSR count). The Bertz CT molecular complexity index is 1010. The molecule has 1 aromatic heterocycles. The first kappa shape index (κ1) is 18.5. The van der Waals surface area contributed by atoms with E-state index in [1.54, 1.807) is 29.4 Å². The second-order valence-electron chi connectivity index (χ2n) is 7.26. The van der Waals surface area contributed by atoms with E-state index >= 15 is 0 Å². The molecule has 28 heavy (non-hydrogen) atoms. The fourth-order valence-electron chi connectivity index (χ4n) is 3.72. The average Bonchev–Trinajstić information content (AvgIpc) is 3.33. The predicted octanol–water partition coefficient (Wildman–Crippen LogP) is 3.38. The number of aromatic nitrogens is 2. The van der Waals surface area contributed by atoms with Gasteiger partial charge in [-0.25, -0.2) is 4.98 Å². The van der Waals surface area contributed by atoms with Gasteiger partial charge in [0.15, 0.2) is 0 Å². The molecule has 7 heteroatoms. The van der Waals surface area contributed by atoms with Crippen LogP contribution in [0.25, 0.3) is 11.0 Å². The minimum absolute atomic E-state index is 0.137. The van der Waals surface area contributed by atoms with Crippen molar-refractivity contribution in [3.05, 3.63) is 64.9 Å². The third-order valence-electron chi connectivity index (χ3n) is 5.13. The van der Waals surface area contributed by atoms with Crippen LogP contribution >= 0.6 is 11.6 Å². The van der Waals surface area contributed by atoms with E-state index in [2.05, 4.69) is 22.2 Å². The molecule has 0 bridgehead atoms. The number of amides is 2. The standard InChI is InChI=1S/C21H21ClN4O2/c1-13-9-18(20(27)23-10-14-5-7-15(22)8-6-14)26(11-13)21(28)16-3-2-4-17-19(16)25-12-24-17/h2-8,12-13,18H,9-11H2,1H3,(H,23,27)(H,24,25). The minimum atomic E-state index is -0.482. The fraction of sp³-hybridized carbons (Fsp3) is 0.286. The highest BCUT2D eigenvalue weighted by molar-refractivity contribution is 6.30. The summed E-state index contributed by atoms with van der Waals surface area (Å²) in [4.78, 5) is 35.0. The first-order valence-electron chi connectivity index (χ1n) is 9.28. The molecule has 144 valence electrons. The number of hydrogen-bond donors (Lipinski definition) is 2. The molecule has 2 unspecified atom stereocenters. The molecule has 0 spiro atoms. The van der Waals surface area contributed by atoms with E-state index in [9.17, 15) is 9.59 Å². The van der Waals surface area contributed by atoms with Crippen LogP contribution in [0.5, 0.6) is 0 Å². The maximum atomic E-state index is 13.2. The van der Waals surface area contributed by atoms with Crippen molar-refractivity contribution in [3.8, 4) is 0 Å². The maximum Gasteiger partial charge on any atom is 0.256 e. The SMILES string of the molecule is CC1CC(C(=O)NCc2ccc(Cl)cc2)N(C(=O)c2cccc3[nH]cnc23)C1. The summed E-state index contributed by atoms with van der Waals surface area (Å²) in [7, 11) is 0. The number of hydrogen-bond acceptors (Lipinski definition) is 3. The molecule has 6 nitrogen and oxygen atoms in total. The van der Waals surface area contributed by atoms with Crippen LogP contribution in [0.4, 0.5) is 0 Å². The van der Waals surface area contributed by atoms with Gasteiger partial charge >= 0.3 is 0 Å². The van der Waals surface area contributed by atoms with E-state index < -0.39 is 6.04 Å². The topological polar surface area (TPSA) is 78.1 Å². The van der Waals surface area contributed by atoms with Crippen molar-refractivity contribution in [2.45, 2.75) is 25.9 Å². The smallest absolute Gasteiger partial charge is 0.256 e. The number of H-pyrrole nitrogens is 1. The molecule has 2 amide bonds. The van der Waals surface area contributed by atoms with Crippen LogP contribution < -0.4 is 5.32 Å². The van der Waals surface area contributed by atoms with E-state index in [0.717, 1.165) is 11.1 Å². The summed E-state index contributed by atoms with van der Waals surface area (Å²) >= 11 is 5.90. The number of halogens is 1. The lowest BCUT2D eigenvalue weighted by atomic mass is 10.1. The molecule has 1 aliphatic heterocycles. The summed E-state index contributed by atoms with van der Waals surface area (Å²) in [6.45, 7) is 3.01. The summed E-state index contributed by atoms with van der Waals surface area (Å²) < 4.78 is 0. The van der Waals surface area contributed by atoms with Gasteiger partial charge in [-0.05, 0) is 42.2 Å². The number of para-hydroxylation sites is 1. The Morgan fingerprint density at radius 2 is 2.04 bits per heavy atom. The first-order valence-corrected chi connectivity index (χ1v) is 9.66. The third-order valence-corrected chi connectivity index (χ3v) is 5.39. The number of imidazole rings is 1. The van der Waals surface area contributed by atoms with Crippen molar-refractivity contribution in [2.75, 3.05) is 6.54 Å². The number of nitrogens with one attached hydrogen (secondary N) is 2. The van der Waals surface area contributed by atoms with Gasteiger partial charge in [-0.1, -0.05) is 36.7 Å². The highest BCUT2D eigenvalue weighted by atomic mass is 35.5. The molecule has 2 atom stereocenters. The van der Waals surface area contributed by atoms with E-state index in [1.807, 2.05) is 24.3 Å². The molecular weight excluding hydrogens is 376 g/mol. The quantitative estimate of drug-likeness (QED) is 0.709. The fourth-order valence-corrected chi connectivity index (χ4v) is 3.85. The Balaban J connectivity index is 1.51. The Kier molecular flexibility index (Phi) is 5.05. The molecule has 1 saturated heterocycles. The van der Waals surface area contributed by atoms with Crippen LogP contribution in [0.2, 0.25) is 5.02 Å². The minimum Gasteiger partial charge on any atom is -0.350 e. The average molecular weight is 397 g/mol. The third kappa shape index (κ3) is 3.60. The highest BCUT2D eigenvalue weighted by Gasteiger charge is 2.38. The van der Waals surface area contributed by atoms with Gasteiger partial charge in [-0.2, -0.15) is 0 Å². The van der Waals surface area contributed by atoms with E-state index in [0.29, 0.717) is 35.6 Å². The Hall–Kier alpha value is -2.86. The number of benzene rings is 2. The molecular formula is C21H21ClN4O2. The number of carbonyl (C=O) groups excluding carboxylic acids is 2. The largest absolute Gasteiger partial charge is 0.350 e. The molecule has 2 heterocycles. The van der Waals surface area contributed by atoms with Crippen molar-refractivity contribution >= 4 is 34.4 Å². The van der Waals surface area contributed by atoms with Gasteiger partial charge in [0.1, 0.15) is 11.6 Å². The van der Waals surface area contributed by atoms with Crippen molar-refractivity contribution < 1.29 is 9.59 Å². The van der Waals surface area contributed by atoms with Crippen LogP contribution in [0.15, 0.2) is 48.8 Å². The Morgan fingerprint density at radius 1 is 1.25 bits per heavy atom. The van der Waals surface area contributed by atoms with Crippen LogP contribution in [0.3, 0.4) is 0 Å². The molecule has 2 N–H and O–H groups in total. The van der Waals surface area contributed by atoms with E-state index in [1.165, 1.54) is 0 Å². The Morgan fingerprint density at radius 3 is 2.82 bits per heavy atom. The van der Waals surface area contributed by atoms with Crippen LogP contribution in [0, 0.1) is 5.92 Å². The molecule has 2 aromatic carbocycles. The van der Waals surface area contributed by atoms with Gasteiger partial charge in [0.05, 0.1) is 17.4 Å². The summed E-state index contributed by atoms with van der Waals surface area (Å²) in [5.41, 5.74) is 2.92. The lowest BCUT2D eigenvalue weighted by Gasteiger charge is -2.24.